The molecular formula is C46H76N4O10Si. The highest BCUT2D eigenvalue weighted by Gasteiger charge is 2.57. The molecule has 0 aromatic carbocycles. The molecule has 6 aliphatic rings. The third-order valence-corrected chi connectivity index (χ3v) is 17.1. The molecule has 5 fully saturated rings. The molecule has 1 aromatic rings. The summed E-state index contributed by atoms with van der Waals surface area (Å²) in [5, 5.41) is 10.6. The first-order valence-electron chi connectivity index (χ1n) is 23.3. The van der Waals surface area contributed by atoms with E-state index in [-0.39, 0.29) is 103 Å². The van der Waals surface area contributed by atoms with Crippen LogP contribution in [0.1, 0.15) is 97.9 Å². The molecule has 18 atom stereocenters. The van der Waals surface area contributed by atoms with Crippen LogP contribution in [-0.2, 0) is 47.5 Å². The molecule has 3 saturated heterocycles. The number of hydrogen-bond donors (Lipinski definition) is 0. The molecule has 1 aromatic heterocycles. The highest BCUT2D eigenvalue weighted by atomic mass is 28.3. The summed E-state index contributed by atoms with van der Waals surface area (Å²) in [5.41, 5.74) is 0.741. The zero-order valence-electron chi connectivity index (χ0n) is 39.0. The van der Waals surface area contributed by atoms with Crippen molar-refractivity contribution in [2.45, 2.75) is 185 Å². The second-order valence-corrected chi connectivity index (χ2v) is 25.4. The van der Waals surface area contributed by atoms with Crippen LogP contribution in [0, 0.1) is 35.5 Å². The predicted molar refractivity (Wildman–Crippen MR) is 232 cm³/mol. The molecule has 61 heavy (non-hydrogen) atoms. The molecule has 0 radical (unpaired) electrons. The molecule has 3 aliphatic heterocycles. The van der Waals surface area contributed by atoms with Crippen molar-refractivity contribution in [3.05, 3.63) is 17.8 Å². The maximum absolute atomic E-state index is 15.2. The van der Waals surface area contributed by atoms with Crippen LogP contribution in [0.5, 0.6) is 0 Å². The maximum atomic E-state index is 15.2. The number of ether oxygens (including phenoxy) is 8. The quantitative estimate of drug-likeness (QED) is 0.199. The Balaban J connectivity index is 1.21. The average Bonchev–Trinajstić information content (AvgIpc) is 3.96. The number of nitrogens with zero attached hydrogens (tertiary/aromatic N) is 4. The van der Waals surface area contributed by atoms with Gasteiger partial charge in [-0.25, -0.2) is 4.68 Å². The van der Waals surface area contributed by atoms with Crippen LogP contribution in [0.4, 0.5) is 0 Å². The van der Waals surface area contributed by atoms with E-state index in [0.717, 1.165) is 62.3 Å². The number of fused-ring (bicyclic) bond motifs is 5. The lowest BCUT2D eigenvalue weighted by Gasteiger charge is -2.44. The number of carbonyl (C=O) groups is 2. The Morgan fingerprint density at radius 2 is 1.62 bits per heavy atom. The van der Waals surface area contributed by atoms with Crippen LogP contribution < -0.4 is 5.32 Å². The molecular weight excluding hydrogens is 797 g/mol. The zero-order valence-corrected chi connectivity index (χ0v) is 40.0. The zero-order chi connectivity index (χ0) is 43.9. The van der Waals surface area contributed by atoms with E-state index in [0.29, 0.717) is 12.5 Å². The topological polar surface area (TPSA) is 142 Å². The number of esters is 1. The van der Waals surface area contributed by atoms with Crippen LogP contribution >= 0.6 is 0 Å². The van der Waals surface area contributed by atoms with E-state index in [1.807, 2.05) is 13.8 Å². The lowest BCUT2D eigenvalue weighted by molar-refractivity contribution is -0.314. The van der Waals surface area contributed by atoms with Crippen LogP contribution in [0.15, 0.2) is 17.8 Å². The largest absolute Gasteiger partial charge is 0.462 e. The number of ketones is 1. The summed E-state index contributed by atoms with van der Waals surface area (Å²) in [5.74, 6) is -0.447. The number of cyclic esters (lactones) is 1. The third-order valence-electron chi connectivity index (χ3n) is 15.4. The standard InChI is InChI=1S/C46H76N4O10Si/c1-13-29-15-14-16-37(60-40-18-17-35(49(5)6)26(3)56-40)25(2)42(52)34-22-32-31-21-30(59-46-45(55-9)44(54-8)43(53-7)27(4)57-46)19-28(31)20-36(41(32)33(34)23-39(51)58-29)50-24-38(47-48-50)61(10,11)12/h22,24-33,35-37,40-41,43-46H,13-21,23H2,1-12H3/t25-,26?,27?,28+,29+,30-,31-,32+,33-,35+,36-,37+,40+,41-,43+,44?,45+,46+/m1/s1. The predicted octanol–water partition coefficient (Wildman–Crippen LogP) is 5.70. The maximum Gasteiger partial charge on any atom is 0.306 e. The van der Waals surface area contributed by atoms with Gasteiger partial charge < -0.3 is 42.8 Å². The molecule has 3 aliphatic carbocycles. The van der Waals surface area contributed by atoms with Crippen molar-refractivity contribution in [2.75, 3.05) is 35.4 Å². The van der Waals surface area contributed by atoms with Gasteiger partial charge in [-0.15, -0.1) is 5.10 Å². The van der Waals surface area contributed by atoms with Crippen molar-refractivity contribution in [3.8, 4) is 0 Å². The number of aromatic nitrogens is 3. The number of allylic oxidation sites excluding steroid dienone is 2. The van der Waals surface area contributed by atoms with Crippen LogP contribution in [0.3, 0.4) is 0 Å². The average molecular weight is 873 g/mol. The van der Waals surface area contributed by atoms with Gasteiger partial charge in [0.15, 0.2) is 18.4 Å². The minimum atomic E-state index is -1.79. The van der Waals surface area contributed by atoms with Crippen molar-refractivity contribution >= 4 is 25.1 Å². The number of likely N-dealkylation sites (N-methyl/N-ethyl adjacent to an activating group) is 1. The van der Waals surface area contributed by atoms with Gasteiger partial charge in [0.2, 0.25) is 0 Å². The van der Waals surface area contributed by atoms with Gasteiger partial charge in [0, 0.05) is 45.4 Å². The third kappa shape index (κ3) is 9.80. The van der Waals surface area contributed by atoms with E-state index in [4.69, 9.17) is 48.2 Å². The van der Waals surface area contributed by atoms with Crippen molar-refractivity contribution in [3.63, 3.8) is 0 Å². The van der Waals surface area contributed by atoms with Gasteiger partial charge in [0.05, 0.1) is 42.2 Å². The second kappa shape index (κ2) is 19.6. The number of carbonyl (C=O) groups excluding carboxylic acids is 2. The summed E-state index contributed by atoms with van der Waals surface area (Å²) in [6.07, 6.45) is 8.67. The fraction of sp³-hybridized carbons (Fsp3) is 0.870. The van der Waals surface area contributed by atoms with E-state index in [1.54, 1.807) is 21.3 Å². The van der Waals surface area contributed by atoms with Gasteiger partial charge >= 0.3 is 5.97 Å². The monoisotopic (exact) mass is 873 g/mol. The van der Waals surface area contributed by atoms with Gasteiger partial charge in [-0.05, 0) is 115 Å². The van der Waals surface area contributed by atoms with Crippen molar-refractivity contribution in [1.82, 2.24) is 19.9 Å². The lowest BCUT2D eigenvalue weighted by atomic mass is 9.64. The summed E-state index contributed by atoms with van der Waals surface area (Å²) in [7, 11) is 7.39. The molecule has 4 heterocycles. The fourth-order valence-corrected chi connectivity index (χ4v) is 12.9. The number of Topliss-reactive ketones (excluding diaryl/α,β-unsaturated/α-hetero) is 1. The molecule has 3 unspecified atom stereocenters. The van der Waals surface area contributed by atoms with Crippen molar-refractivity contribution < 1.29 is 47.5 Å². The summed E-state index contributed by atoms with van der Waals surface area (Å²) in [6.45, 7) is 15.0. The molecule has 0 bridgehead atoms. The van der Waals surface area contributed by atoms with Crippen LogP contribution in [0.25, 0.3) is 0 Å². The van der Waals surface area contributed by atoms with Crippen molar-refractivity contribution in [2.24, 2.45) is 35.5 Å². The van der Waals surface area contributed by atoms with E-state index in [9.17, 15) is 4.79 Å². The minimum absolute atomic E-state index is 0.0134. The van der Waals surface area contributed by atoms with Gasteiger partial charge in [-0.1, -0.05) is 44.8 Å². The Hall–Kier alpha value is -2.08. The first kappa shape index (κ1) is 46.9. The number of hydrogen-bond acceptors (Lipinski definition) is 13. The summed E-state index contributed by atoms with van der Waals surface area (Å²) >= 11 is 0. The fourth-order valence-electron chi connectivity index (χ4n) is 12.1. The Morgan fingerprint density at radius 3 is 2.26 bits per heavy atom. The SMILES string of the molecule is CC[C@H]1CCC[C@H](O[C@H]2CC[C@H](N(C)C)C(C)O2)[C@@H](C)C(=O)C2=C[C@H]3[C@@H]4C[C@H](O[C@@H]5OC(C)[C@H](OC)C(OC)[C@@H]5OC)C[C@H]4C[C@@H](n4cc([Si](C)(C)C)nn4)[C@H]3[C@@H]2CC(=O)O1. The van der Waals surface area contributed by atoms with Gasteiger partial charge in [0.1, 0.15) is 32.5 Å². The molecule has 0 amide bonds. The molecule has 344 valence electrons. The van der Waals surface area contributed by atoms with Crippen molar-refractivity contribution in [1.29, 1.82) is 0 Å². The molecule has 14 nitrogen and oxygen atoms in total. The second-order valence-electron chi connectivity index (χ2n) is 20.3. The molecule has 0 spiro atoms. The summed E-state index contributed by atoms with van der Waals surface area (Å²) in [4.78, 5) is 31.5. The van der Waals surface area contributed by atoms with Gasteiger partial charge in [-0.3, -0.25) is 9.59 Å². The highest BCUT2D eigenvalue weighted by molar-refractivity contribution is 6.88. The van der Waals surface area contributed by atoms with E-state index in [1.165, 1.54) is 0 Å². The first-order chi connectivity index (χ1) is 29.1. The first-order valence-corrected chi connectivity index (χ1v) is 26.8. The molecule has 2 saturated carbocycles. The highest BCUT2D eigenvalue weighted by Crippen LogP contribution is 2.60. The molecule has 15 heteroatoms. The van der Waals surface area contributed by atoms with Crippen LogP contribution in [-0.4, -0.2) is 143 Å². The van der Waals surface area contributed by atoms with E-state index in [2.05, 4.69) is 69.4 Å². The van der Waals surface area contributed by atoms with Gasteiger partial charge in [0.25, 0.3) is 0 Å². The number of rotatable bonds is 11. The number of methoxy groups -OCH3 is 3. The van der Waals surface area contributed by atoms with Gasteiger partial charge in [-0.2, -0.15) is 0 Å². The Labute approximate surface area is 365 Å². The Bertz CT molecular complexity index is 1690. The molecule has 7 rings (SSSR count). The van der Waals surface area contributed by atoms with E-state index < -0.39 is 26.4 Å². The Kier molecular flexibility index (Phi) is 15.0. The lowest BCUT2D eigenvalue weighted by Crippen LogP contribution is -2.59. The minimum Gasteiger partial charge on any atom is -0.462 e. The summed E-state index contributed by atoms with van der Waals surface area (Å²) < 4.78 is 52.6. The smallest absolute Gasteiger partial charge is 0.306 e. The normalized spacial score (nSPS) is 42.5. The van der Waals surface area contributed by atoms with E-state index >= 15 is 4.79 Å². The summed E-state index contributed by atoms with van der Waals surface area (Å²) in [6, 6.07) is 0.247. The Morgan fingerprint density at radius 1 is 0.885 bits per heavy atom. The molecule has 0 N–H and O–H groups in total. The van der Waals surface area contributed by atoms with Crippen LogP contribution in [0.2, 0.25) is 19.6 Å².